The van der Waals surface area contributed by atoms with Crippen molar-refractivity contribution in [3.8, 4) is 0 Å². The lowest BCUT2D eigenvalue weighted by Crippen LogP contribution is -1.97. The highest BCUT2D eigenvalue weighted by atomic mass is 35.5. The number of H-pyrrole nitrogens is 1. The summed E-state index contributed by atoms with van der Waals surface area (Å²) in [5.74, 6) is -0.998. The molecule has 2 N–H and O–H groups in total. The van der Waals surface area contributed by atoms with Crippen LogP contribution in [0.3, 0.4) is 0 Å². The van der Waals surface area contributed by atoms with E-state index in [4.69, 9.17) is 23.2 Å². The maximum absolute atomic E-state index is 11.4. The number of hydrogen-bond donors (Lipinski definition) is 2. The molecule has 1 aromatic heterocycles. The minimum absolute atomic E-state index is 0.164. The predicted octanol–water partition coefficient (Wildman–Crippen LogP) is 5.32. The van der Waals surface area contributed by atoms with Gasteiger partial charge < -0.3 is 10.1 Å². The zero-order valence-electron chi connectivity index (χ0n) is 10.6. The van der Waals surface area contributed by atoms with Crippen molar-refractivity contribution in [2.24, 2.45) is 0 Å². The average molecular weight is 338 g/mol. The smallest absolute Gasteiger partial charge is 0.353 e. The van der Waals surface area contributed by atoms with Gasteiger partial charge in [0.15, 0.2) is 0 Å². The molecule has 0 radical (unpaired) electrons. The molecule has 2 aromatic carbocycles. The van der Waals surface area contributed by atoms with Gasteiger partial charge in [0.1, 0.15) is 5.69 Å². The van der Waals surface area contributed by atoms with E-state index < -0.39 is 5.97 Å². The number of aromatic amines is 1. The molecule has 3 nitrogen and oxygen atoms in total. The number of aromatic carboxylic acids is 1. The van der Waals surface area contributed by atoms with Crippen molar-refractivity contribution in [3.05, 3.63) is 58.2 Å². The van der Waals surface area contributed by atoms with Gasteiger partial charge in [0.2, 0.25) is 0 Å². The van der Waals surface area contributed by atoms with Crippen LogP contribution in [-0.4, -0.2) is 16.1 Å². The summed E-state index contributed by atoms with van der Waals surface area (Å²) >= 11 is 13.3. The molecule has 106 valence electrons. The van der Waals surface area contributed by atoms with E-state index in [1.54, 1.807) is 18.2 Å². The van der Waals surface area contributed by atoms with E-state index in [1.165, 1.54) is 11.8 Å². The monoisotopic (exact) mass is 337 g/mol. The van der Waals surface area contributed by atoms with Crippen LogP contribution in [-0.2, 0) is 0 Å². The van der Waals surface area contributed by atoms with Crippen LogP contribution < -0.4 is 0 Å². The topological polar surface area (TPSA) is 53.1 Å². The first kappa shape index (κ1) is 14.3. The summed E-state index contributed by atoms with van der Waals surface area (Å²) in [6, 6.07) is 12.6. The fourth-order valence-corrected chi connectivity index (χ4v) is 3.87. The van der Waals surface area contributed by atoms with Gasteiger partial charge in [0.05, 0.1) is 4.90 Å². The Hall–Kier alpha value is -1.62. The van der Waals surface area contributed by atoms with E-state index >= 15 is 0 Å². The van der Waals surface area contributed by atoms with Crippen LogP contribution >= 0.6 is 35.0 Å². The standard InChI is InChI=1S/C15H9Cl2NO2S/c16-8-5-9(17)7-10(6-8)21-14-11-3-1-2-4-12(11)18-13(14)15(19)20/h1-7,18H,(H,19,20). The highest BCUT2D eigenvalue weighted by molar-refractivity contribution is 7.99. The highest BCUT2D eigenvalue weighted by Gasteiger charge is 2.18. The molecule has 21 heavy (non-hydrogen) atoms. The number of carboxylic acid groups (broad SMARTS) is 1. The number of benzene rings is 2. The minimum atomic E-state index is -0.998. The summed E-state index contributed by atoms with van der Waals surface area (Å²) in [6.07, 6.45) is 0. The number of carboxylic acids is 1. The van der Waals surface area contributed by atoms with Crippen molar-refractivity contribution >= 4 is 51.8 Å². The van der Waals surface area contributed by atoms with Gasteiger partial charge in [0, 0.05) is 25.8 Å². The van der Waals surface area contributed by atoms with Gasteiger partial charge in [-0.25, -0.2) is 4.79 Å². The third-order valence-corrected chi connectivity index (χ3v) is 4.46. The molecule has 0 amide bonds. The van der Waals surface area contributed by atoms with Crippen LogP contribution in [0.15, 0.2) is 52.3 Å². The number of hydrogen-bond acceptors (Lipinski definition) is 2. The normalized spacial score (nSPS) is 11.0. The van der Waals surface area contributed by atoms with Gasteiger partial charge >= 0.3 is 5.97 Å². The molecular weight excluding hydrogens is 329 g/mol. The summed E-state index contributed by atoms with van der Waals surface area (Å²) in [5.41, 5.74) is 0.947. The maximum atomic E-state index is 11.4. The summed E-state index contributed by atoms with van der Waals surface area (Å²) in [5, 5.41) is 11.2. The Morgan fingerprint density at radius 1 is 1.10 bits per heavy atom. The molecule has 0 spiro atoms. The lowest BCUT2D eigenvalue weighted by Gasteiger charge is -2.04. The Kier molecular flexibility index (Phi) is 3.85. The van der Waals surface area contributed by atoms with Crippen LogP contribution in [0.1, 0.15) is 10.5 Å². The fraction of sp³-hybridized carbons (Fsp3) is 0. The molecule has 0 atom stereocenters. The zero-order valence-corrected chi connectivity index (χ0v) is 12.9. The third-order valence-electron chi connectivity index (χ3n) is 2.93. The molecule has 3 aromatic rings. The number of carbonyl (C=O) groups is 1. The second-order valence-corrected chi connectivity index (χ2v) is 6.34. The van der Waals surface area contributed by atoms with E-state index in [9.17, 15) is 9.90 Å². The van der Waals surface area contributed by atoms with Crippen molar-refractivity contribution in [1.29, 1.82) is 0 Å². The first-order valence-electron chi connectivity index (χ1n) is 6.02. The molecule has 0 saturated heterocycles. The van der Waals surface area contributed by atoms with Crippen LogP contribution in [0.2, 0.25) is 10.0 Å². The van der Waals surface area contributed by atoms with E-state index in [0.717, 1.165) is 15.8 Å². The van der Waals surface area contributed by atoms with Crippen LogP contribution in [0, 0.1) is 0 Å². The van der Waals surface area contributed by atoms with Crippen molar-refractivity contribution in [2.45, 2.75) is 9.79 Å². The number of nitrogens with one attached hydrogen (secondary N) is 1. The molecule has 0 aliphatic carbocycles. The Morgan fingerprint density at radius 2 is 1.76 bits per heavy atom. The van der Waals surface area contributed by atoms with E-state index in [0.29, 0.717) is 14.9 Å². The molecule has 6 heteroatoms. The van der Waals surface area contributed by atoms with E-state index in [2.05, 4.69) is 4.98 Å². The van der Waals surface area contributed by atoms with Crippen molar-refractivity contribution < 1.29 is 9.90 Å². The average Bonchev–Trinajstić information content (AvgIpc) is 2.77. The van der Waals surface area contributed by atoms with Gasteiger partial charge in [-0.2, -0.15) is 0 Å². The second-order valence-electron chi connectivity index (χ2n) is 4.39. The van der Waals surface area contributed by atoms with Gasteiger partial charge in [0.25, 0.3) is 0 Å². The lowest BCUT2D eigenvalue weighted by molar-refractivity contribution is 0.0688. The quantitative estimate of drug-likeness (QED) is 0.679. The molecule has 1 heterocycles. The molecular formula is C15H9Cl2NO2S. The number of aromatic nitrogens is 1. The number of fused-ring (bicyclic) bond motifs is 1. The molecule has 0 aliphatic rings. The summed E-state index contributed by atoms with van der Waals surface area (Å²) in [6.45, 7) is 0. The van der Waals surface area contributed by atoms with E-state index in [1.807, 2.05) is 24.3 Å². The zero-order chi connectivity index (χ0) is 15.0. The Bertz CT molecular complexity index is 825. The molecule has 0 aliphatic heterocycles. The van der Waals surface area contributed by atoms with Gasteiger partial charge in [-0.3, -0.25) is 0 Å². The number of para-hydroxylation sites is 1. The van der Waals surface area contributed by atoms with Gasteiger partial charge in [-0.15, -0.1) is 0 Å². The summed E-state index contributed by atoms with van der Waals surface area (Å²) in [4.78, 5) is 15.8. The molecule has 0 bridgehead atoms. The Labute approximate surface area is 134 Å². The molecule has 0 unspecified atom stereocenters. The largest absolute Gasteiger partial charge is 0.477 e. The second kappa shape index (κ2) is 5.64. The highest BCUT2D eigenvalue weighted by Crippen LogP contribution is 2.38. The van der Waals surface area contributed by atoms with Crippen molar-refractivity contribution in [3.63, 3.8) is 0 Å². The first-order valence-corrected chi connectivity index (χ1v) is 7.60. The Balaban J connectivity index is 2.14. The SMILES string of the molecule is O=C(O)c1[nH]c2ccccc2c1Sc1cc(Cl)cc(Cl)c1. The van der Waals surface area contributed by atoms with Crippen LogP contribution in [0.25, 0.3) is 10.9 Å². The molecule has 0 saturated carbocycles. The van der Waals surface area contributed by atoms with Gasteiger partial charge in [-0.05, 0) is 24.3 Å². The Morgan fingerprint density at radius 3 is 2.43 bits per heavy atom. The first-order chi connectivity index (χ1) is 10.0. The fourth-order valence-electron chi connectivity index (χ4n) is 2.08. The number of rotatable bonds is 3. The lowest BCUT2D eigenvalue weighted by atomic mass is 10.2. The predicted molar refractivity (Wildman–Crippen MR) is 85.8 cm³/mol. The van der Waals surface area contributed by atoms with E-state index in [-0.39, 0.29) is 5.69 Å². The third kappa shape index (κ3) is 2.88. The summed E-state index contributed by atoms with van der Waals surface area (Å²) in [7, 11) is 0. The van der Waals surface area contributed by atoms with Crippen LogP contribution in [0.5, 0.6) is 0 Å². The van der Waals surface area contributed by atoms with Crippen molar-refractivity contribution in [1.82, 2.24) is 4.98 Å². The van der Waals surface area contributed by atoms with Crippen LogP contribution in [0.4, 0.5) is 0 Å². The maximum Gasteiger partial charge on any atom is 0.353 e. The summed E-state index contributed by atoms with van der Waals surface area (Å²) < 4.78 is 0. The van der Waals surface area contributed by atoms with Gasteiger partial charge in [-0.1, -0.05) is 53.2 Å². The molecule has 3 rings (SSSR count). The molecule has 0 fully saturated rings. The van der Waals surface area contributed by atoms with Crippen molar-refractivity contribution in [2.75, 3.05) is 0 Å². The minimum Gasteiger partial charge on any atom is -0.477 e. The number of halogens is 2.